The van der Waals surface area contributed by atoms with Gasteiger partial charge in [-0.1, -0.05) is 6.07 Å². The Labute approximate surface area is 179 Å². The minimum Gasteiger partial charge on any atom is -0.454 e. The summed E-state index contributed by atoms with van der Waals surface area (Å²) in [5.41, 5.74) is 1.58. The number of anilines is 1. The number of hydrogen-bond donors (Lipinski definition) is 1. The van der Waals surface area contributed by atoms with Crippen LogP contribution in [0.25, 0.3) is 0 Å². The number of nitrogens with one attached hydrogen (secondary N) is 1. The van der Waals surface area contributed by atoms with E-state index in [0.717, 1.165) is 17.1 Å². The van der Waals surface area contributed by atoms with Crippen molar-refractivity contribution in [2.45, 2.75) is 16.6 Å². The van der Waals surface area contributed by atoms with E-state index in [9.17, 15) is 13.2 Å². The van der Waals surface area contributed by atoms with Crippen LogP contribution in [0.15, 0.2) is 47.4 Å². The Morgan fingerprint density at radius 1 is 1.13 bits per heavy atom. The van der Waals surface area contributed by atoms with Crippen LogP contribution in [0.5, 0.6) is 11.5 Å². The second-order valence-corrected chi connectivity index (χ2v) is 10.1. The summed E-state index contributed by atoms with van der Waals surface area (Å²) < 4.78 is 43.1. The second-order valence-electron chi connectivity index (χ2n) is 6.81. The van der Waals surface area contributed by atoms with E-state index in [0.29, 0.717) is 31.0 Å². The number of nitrogens with zero attached hydrogens (tertiary/aromatic N) is 1. The highest BCUT2D eigenvalue weighted by Crippen LogP contribution is 2.40. The minimum atomic E-state index is -3.62. The molecule has 2 aromatic carbocycles. The van der Waals surface area contributed by atoms with E-state index in [1.807, 2.05) is 18.2 Å². The molecule has 0 aromatic heterocycles. The van der Waals surface area contributed by atoms with Gasteiger partial charge in [-0.25, -0.2) is 13.2 Å². The first kappa shape index (κ1) is 20.8. The number of sulfonamides is 1. The van der Waals surface area contributed by atoms with Crippen molar-refractivity contribution < 1.29 is 27.4 Å². The first-order valence-corrected chi connectivity index (χ1v) is 11.9. The average molecular weight is 451 g/mol. The maximum atomic E-state index is 13.1. The second kappa shape index (κ2) is 8.75. The van der Waals surface area contributed by atoms with E-state index in [4.69, 9.17) is 9.47 Å². The molecule has 0 radical (unpaired) electrons. The van der Waals surface area contributed by atoms with Crippen molar-refractivity contribution >= 4 is 33.6 Å². The van der Waals surface area contributed by atoms with E-state index in [1.54, 1.807) is 23.9 Å². The highest BCUT2D eigenvalue weighted by Gasteiger charge is 2.29. The number of benzene rings is 2. The molecule has 2 heterocycles. The predicted octanol–water partition coefficient (Wildman–Crippen LogP) is 3.46. The maximum absolute atomic E-state index is 13.1. The zero-order valence-electron chi connectivity index (χ0n) is 16.4. The van der Waals surface area contributed by atoms with E-state index in [1.165, 1.54) is 23.5 Å². The standard InChI is InChI=1S/C20H22N2O6S2/c1-26-20(23)21-15-3-5-16(6-4-15)30(24,25)22-9-8-19(29-11-10-22)14-2-7-17-18(12-14)28-13-27-17/h2-7,12,19H,8-11,13H2,1H3,(H,21,23). The fourth-order valence-electron chi connectivity index (χ4n) is 3.40. The van der Waals surface area contributed by atoms with Gasteiger partial charge in [0, 0.05) is 29.8 Å². The molecule has 1 amide bonds. The molecule has 0 spiro atoms. The number of thioether (sulfide) groups is 1. The van der Waals surface area contributed by atoms with Crippen LogP contribution in [0, 0.1) is 0 Å². The van der Waals surface area contributed by atoms with Crippen LogP contribution < -0.4 is 14.8 Å². The number of methoxy groups -OCH3 is 1. The summed E-state index contributed by atoms with van der Waals surface area (Å²) in [6, 6.07) is 12.0. The van der Waals surface area contributed by atoms with E-state index >= 15 is 0 Å². The summed E-state index contributed by atoms with van der Waals surface area (Å²) in [5.74, 6) is 2.18. The summed E-state index contributed by atoms with van der Waals surface area (Å²) in [5, 5.41) is 2.70. The van der Waals surface area contributed by atoms with Crippen LogP contribution in [0.4, 0.5) is 10.5 Å². The largest absolute Gasteiger partial charge is 0.454 e. The fraction of sp³-hybridized carbons (Fsp3) is 0.350. The normalized spacial score (nSPS) is 19.2. The SMILES string of the molecule is COC(=O)Nc1ccc(S(=O)(=O)N2CCSC(c3ccc4c(c3)OCO4)CC2)cc1. The van der Waals surface area contributed by atoms with Crippen molar-refractivity contribution in [2.24, 2.45) is 0 Å². The van der Waals surface area contributed by atoms with E-state index in [2.05, 4.69) is 10.1 Å². The smallest absolute Gasteiger partial charge is 0.411 e. The van der Waals surface area contributed by atoms with Gasteiger partial charge in [0.05, 0.1) is 12.0 Å². The minimum absolute atomic E-state index is 0.186. The quantitative estimate of drug-likeness (QED) is 0.762. The molecule has 1 fully saturated rings. The Morgan fingerprint density at radius 3 is 2.67 bits per heavy atom. The van der Waals surface area contributed by atoms with Crippen molar-refractivity contribution in [2.75, 3.05) is 38.1 Å². The zero-order chi connectivity index (χ0) is 21.1. The van der Waals surface area contributed by atoms with Gasteiger partial charge in [0.25, 0.3) is 0 Å². The van der Waals surface area contributed by atoms with Crippen LogP contribution in [-0.2, 0) is 14.8 Å². The monoisotopic (exact) mass is 450 g/mol. The molecule has 0 saturated carbocycles. The summed E-state index contributed by atoms with van der Waals surface area (Å²) in [6.07, 6.45) is 0.0932. The highest BCUT2D eigenvalue weighted by atomic mass is 32.2. The molecule has 30 heavy (non-hydrogen) atoms. The third kappa shape index (κ3) is 4.35. The first-order chi connectivity index (χ1) is 14.5. The number of rotatable bonds is 4. The van der Waals surface area contributed by atoms with Crippen LogP contribution in [-0.4, -0.2) is 51.6 Å². The maximum Gasteiger partial charge on any atom is 0.411 e. The number of fused-ring (bicyclic) bond motifs is 1. The lowest BCUT2D eigenvalue weighted by Crippen LogP contribution is -2.33. The van der Waals surface area contributed by atoms with Gasteiger partial charge in [0.1, 0.15) is 0 Å². The lowest BCUT2D eigenvalue weighted by atomic mass is 10.1. The van der Waals surface area contributed by atoms with Gasteiger partial charge in [0.15, 0.2) is 11.5 Å². The van der Waals surface area contributed by atoms with Crippen molar-refractivity contribution in [3.63, 3.8) is 0 Å². The Morgan fingerprint density at radius 2 is 1.90 bits per heavy atom. The molecule has 4 rings (SSSR count). The molecule has 1 saturated heterocycles. The van der Waals surface area contributed by atoms with Crippen molar-refractivity contribution in [3.05, 3.63) is 48.0 Å². The van der Waals surface area contributed by atoms with Gasteiger partial charge in [-0.05, 0) is 48.4 Å². The van der Waals surface area contributed by atoms with Gasteiger partial charge in [0.2, 0.25) is 16.8 Å². The molecular formula is C20H22N2O6S2. The Kier molecular flexibility index (Phi) is 6.07. The van der Waals surface area contributed by atoms with E-state index < -0.39 is 16.1 Å². The summed E-state index contributed by atoms with van der Waals surface area (Å²) in [6.45, 7) is 1.10. The van der Waals surface area contributed by atoms with Crippen LogP contribution >= 0.6 is 11.8 Å². The van der Waals surface area contributed by atoms with Gasteiger partial charge < -0.3 is 14.2 Å². The van der Waals surface area contributed by atoms with Crippen LogP contribution in [0.2, 0.25) is 0 Å². The molecule has 8 nitrogen and oxygen atoms in total. The highest BCUT2D eigenvalue weighted by molar-refractivity contribution is 7.99. The Bertz CT molecular complexity index is 1030. The van der Waals surface area contributed by atoms with Crippen LogP contribution in [0.3, 0.4) is 0 Å². The number of ether oxygens (including phenoxy) is 3. The predicted molar refractivity (Wildman–Crippen MR) is 114 cm³/mol. The molecular weight excluding hydrogens is 428 g/mol. The Balaban J connectivity index is 1.45. The number of amides is 1. The summed E-state index contributed by atoms with van der Waals surface area (Å²) in [4.78, 5) is 11.5. The Hall–Kier alpha value is -2.43. The van der Waals surface area contributed by atoms with Gasteiger partial charge >= 0.3 is 6.09 Å². The molecule has 10 heteroatoms. The van der Waals surface area contributed by atoms with Gasteiger partial charge in [-0.3, -0.25) is 5.32 Å². The number of carbonyl (C=O) groups excluding carboxylic acids is 1. The number of carbonyl (C=O) groups is 1. The topological polar surface area (TPSA) is 94.2 Å². The zero-order valence-corrected chi connectivity index (χ0v) is 18.0. The number of hydrogen-bond acceptors (Lipinski definition) is 7. The molecule has 160 valence electrons. The molecule has 1 N–H and O–H groups in total. The van der Waals surface area contributed by atoms with Crippen molar-refractivity contribution in [3.8, 4) is 11.5 Å². The van der Waals surface area contributed by atoms with Gasteiger partial charge in [-0.2, -0.15) is 16.1 Å². The first-order valence-electron chi connectivity index (χ1n) is 9.44. The molecule has 2 aliphatic rings. The van der Waals surface area contributed by atoms with Crippen molar-refractivity contribution in [1.29, 1.82) is 0 Å². The molecule has 0 aliphatic carbocycles. The molecule has 2 aliphatic heterocycles. The lowest BCUT2D eigenvalue weighted by Gasteiger charge is -2.20. The molecule has 2 aromatic rings. The van der Waals surface area contributed by atoms with Crippen LogP contribution in [0.1, 0.15) is 17.2 Å². The molecule has 1 atom stereocenters. The molecule has 1 unspecified atom stereocenters. The summed E-state index contributed by atoms with van der Waals surface area (Å²) in [7, 11) is -2.35. The summed E-state index contributed by atoms with van der Waals surface area (Å²) >= 11 is 1.75. The van der Waals surface area contributed by atoms with Gasteiger partial charge in [-0.15, -0.1) is 0 Å². The molecule has 0 bridgehead atoms. The van der Waals surface area contributed by atoms with Crippen molar-refractivity contribution in [1.82, 2.24) is 4.31 Å². The third-order valence-electron chi connectivity index (χ3n) is 4.99. The van der Waals surface area contributed by atoms with E-state index in [-0.39, 0.29) is 16.9 Å². The lowest BCUT2D eigenvalue weighted by molar-refractivity contribution is 0.174. The average Bonchev–Trinajstić information content (AvgIpc) is 3.08. The third-order valence-corrected chi connectivity index (χ3v) is 8.23. The fourth-order valence-corrected chi connectivity index (χ4v) is 6.19.